The molecule has 156 valence electrons. The van der Waals surface area contributed by atoms with Crippen molar-refractivity contribution in [3.05, 3.63) is 53.0 Å². The fourth-order valence-corrected chi connectivity index (χ4v) is 5.28. The maximum absolute atomic E-state index is 13.2. The number of para-hydroxylation sites is 1. The molecule has 0 aromatic heterocycles. The molecule has 3 rings (SSSR count). The first-order valence-electron chi connectivity index (χ1n) is 9.63. The molecule has 1 aliphatic rings. The Morgan fingerprint density at radius 1 is 1.10 bits per heavy atom. The Morgan fingerprint density at radius 3 is 2.45 bits per heavy atom. The van der Waals surface area contributed by atoms with E-state index in [-0.39, 0.29) is 23.2 Å². The molecule has 2 aromatic rings. The van der Waals surface area contributed by atoms with Crippen molar-refractivity contribution in [1.82, 2.24) is 4.31 Å². The van der Waals surface area contributed by atoms with Crippen LogP contribution in [0, 0.1) is 0 Å². The van der Waals surface area contributed by atoms with Crippen molar-refractivity contribution >= 4 is 37.5 Å². The highest BCUT2D eigenvalue weighted by Crippen LogP contribution is 2.29. The van der Waals surface area contributed by atoms with E-state index in [9.17, 15) is 13.2 Å². The summed E-state index contributed by atoms with van der Waals surface area (Å²) in [5.41, 5.74) is 0.263. The van der Waals surface area contributed by atoms with Gasteiger partial charge in [0, 0.05) is 17.6 Å². The first kappa shape index (κ1) is 21.8. The lowest BCUT2D eigenvalue weighted by Gasteiger charge is -2.30. The molecule has 0 atom stereocenters. The summed E-state index contributed by atoms with van der Waals surface area (Å²) < 4.78 is 34.2. The summed E-state index contributed by atoms with van der Waals surface area (Å²) in [7, 11) is -2.09. The lowest BCUT2D eigenvalue weighted by atomic mass is 9.96. The van der Waals surface area contributed by atoms with Crippen LogP contribution in [0.15, 0.2) is 57.9 Å². The summed E-state index contributed by atoms with van der Waals surface area (Å²) in [6.07, 6.45) is 4.96. The van der Waals surface area contributed by atoms with Crippen molar-refractivity contribution in [2.45, 2.75) is 43.0 Å². The summed E-state index contributed by atoms with van der Waals surface area (Å²) in [5.74, 6) is 0.136. The van der Waals surface area contributed by atoms with E-state index in [2.05, 4.69) is 21.2 Å². The van der Waals surface area contributed by atoms with Gasteiger partial charge >= 0.3 is 0 Å². The van der Waals surface area contributed by atoms with E-state index >= 15 is 0 Å². The van der Waals surface area contributed by atoms with E-state index < -0.39 is 15.9 Å². The topological polar surface area (TPSA) is 75.7 Å². The monoisotopic (exact) mass is 480 g/mol. The summed E-state index contributed by atoms with van der Waals surface area (Å²) in [4.78, 5) is 12.5. The number of carbonyl (C=O) groups is 1. The number of nitrogens with one attached hydrogen (secondary N) is 1. The summed E-state index contributed by atoms with van der Waals surface area (Å²) in [6.45, 7) is -0.214. The van der Waals surface area contributed by atoms with Gasteiger partial charge in [0.15, 0.2) is 6.61 Å². The summed E-state index contributed by atoms with van der Waals surface area (Å²) in [6, 6.07) is 13.6. The third kappa shape index (κ3) is 5.58. The van der Waals surface area contributed by atoms with E-state index in [0.717, 1.165) is 36.6 Å². The molecule has 0 unspecified atom stereocenters. The van der Waals surface area contributed by atoms with Crippen LogP contribution >= 0.6 is 15.9 Å². The second-order valence-electron chi connectivity index (χ2n) is 7.10. The predicted octanol–water partition coefficient (Wildman–Crippen LogP) is 4.42. The van der Waals surface area contributed by atoms with Gasteiger partial charge < -0.3 is 10.1 Å². The highest BCUT2D eigenvalue weighted by Gasteiger charge is 2.30. The normalized spacial score (nSPS) is 15.3. The number of anilines is 1. The molecule has 1 N–H and O–H groups in total. The van der Waals surface area contributed by atoms with Crippen LogP contribution in [0.5, 0.6) is 5.75 Å². The highest BCUT2D eigenvalue weighted by atomic mass is 79.9. The average Bonchev–Trinajstić information content (AvgIpc) is 2.73. The number of amides is 1. The lowest BCUT2D eigenvalue weighted by Crippen LogP contribution is -2.38. The molecule has 1 amide bonds. The van der Waals surface area contributed by atoms with Crippen LogP contribution in [-0.2, 0) is 14.8 Å². The van der Waals surface area contributed by atoms with Gasteiger partial charge in [0.2, 0.25) is 10.0 Å². The first-order chi connectivity index (χ1) is 13.9. The van der Waals surface area contributed by atoms with Gasteiger partial charge in [-0.25, -0.2) is 8.42 Å². The van der Waals surface area contributed by atoms with E-state index in [1.807, 2.05) is 12.1 Å². The van der Waals surface area contributed by atoms with Gasteiger partial charge in [-0.15, -0.1) is 0 Å². The zero-order valence-corrected chi connectivity index (χ0v) is 18.7. The van der Waals surface area contributed by atoms with Gasteiger partial charge in [-0.2, -0.15) is 4.31 Å². The van der Waals surface area contributed by atoms with Crippen molar-refractivity contribution in [2.24, 2.45) is 0 Å². The Morgan fingerprint density at radius 2 is 1.76 bits per heavy atom. The standard InChI is InChI=1S/C21H25BrN2O4S/c1-24(17-7-3-2-4-8-17)29(26,27)20-10-6-5-9-19(20)23-21(25)15-28-18-13-11-16(22)12-14-18/h5-6,9-14,17H,2-4,7-8,15H2,1H3,(H,23,25). The van der Waals surface area contributed by atoms with Crippen LogP contribution in [0.1, 0.15) is 32.1 Å². The number of ether oxygens (including phenoxy) is 1. The number of nitrogens with zero attached hydrogens (tertiary/aromatic N) is 1. The number of hydrogen-bond acceptors (Lipinski definition) is 4. The molecule has 0 saturated heterocycles. The molecule has 6 nitrogen and oxygen atoms in total. The minimum absolute atomic E-state index is 0.00162. The molecule has 0 heterocycles. The molecule has 0 radical (unpaired) electrons. The van der Waals surface area contributed by atoms with Crippen LogP contribution in [0.3, 0.4) is 0 Å². The van der Waals surface area contributed by atoms with E-state index in [1.165, 1.54) is 10.4 Å². The lowest BCUT2D eigenvalue weighted by molar-refractivity contribution is -0.118. The largest absolute Gasteiger partial charge is 0.484 e. The maximum atomic E-state index is 13.2. The zero-order chi connectivity index (χ0) is 20.9. The maximum Gasteiger partial charge on any atom is 0.262 e. The number of rotatable bonds is 7. The third-order valence-corrected chi connectivity index (χ3v) is 7.59. The number of halogens is 1. The molecule has 0 aliphatic heterocycles. The fourth-order valence-electron chi connectivity index (χ4n) is 3.46. The second-order valence-corrected chi connectivity index (χ2v) is 9.98. The highest BCUT2D eigenvalue weighted by molar-refractivity contribution is 9.10. The predicted molar refractivity (Wildman–Crippen MR) is 117 cm³/mol. The number of carbonyl (C=O) groups excluding carboxylic acids is 1. The van der Waals surface area contributed by atoms with Crippen LogP contribution in [0.25, 0.3) is 0 Å². The van der Waals surface area contributed by atoms with Crippen molar-refractivity contribution in [3.8, 4) is 5.75 Å². The molecule has 0 spiro atoms. The smallest absolute Gasteiger partial charge is 0.262 e. The van der Waals surface area contributed by atoms with E-state index in [0.29, 0.717) is 5.75 Å². The Bertz CT molecular complexity index is 941. The molecule has 8 heteroatoms. The Balaban J connectivity index is 1.70. The second kappa shape index (κ2) is 9.73. The molecule has 1 aliphatic carbocycles. The zero-order valence-electron chi connectivity index (χ0n) is 16.3. The molecular formula is C21H25BrN2O4S. The van der Waals surface area contributed by atoms with Gasteiger partial charge in [0.25, 0.3) is 5.91 Å². The Labute approximate surface area is 180 Å². The van der Waals surface area contributed by atoms with Crippen molar-refractivity contribution in [3.63, 3.8) is 0 Å². The minimum atomic E-state index is -3.71. The van der Waals surface area contributed by atoms with Gasteiger partial charge in [-0.1, -0.05) is 47.3 Å². The molecule has 2 aromatic carbocycles. The number of benzene rings is 2. The number of hydrogen-bond donors (Lipinski definition) is 1. The van der Waals surface area contributed by atoms with Gasteiger partial charge in [0.1, 0.15) is 10.6 Å². The molecule has 0 bridgehead atoms. The summed E-state index contributed by atoms with van der Waals surface area (Å²) in [5, 5.41) is 2.68. The van der Waals surface area contributed by atoms with Gasteiger partial charge in [-0.05, 0) is 49.2 Å². The third-order valence-electron chi connectivity index (χ3n) is 5.09. The molecule has 29 heavy (non-hydrogen) atoms. The van der Waals surface area contributed by atoms with Crippen molar-refractivity contribution in [2.75, 3.05) is 19.0 Å². The van der Waals surface area contributed by atoms with Gasteiger partial charge in [0.05, 0.1) is 5.69 Å². The quantitative estimate of drug-likeness (QED) is 0.636. The van der Waals surface area contributed by atoms with Crippen LogP contribution in [-0.4, -0.2) is 38.3 Å². The van der Waals surface area contributed by atoms with Gasteiger partial charge in [-0.3, -0.25) is 4.79 Å². The molecule has 1 saturated carbocycles. The van der Waals surface area contributed by atoms with Crippen LogP contribution in [0.2, 0.25) is 0 Å². The minimum Gasteiger partial charge on any atom is -0.484 e. The summed E-state index contributed by atoms with van der Waals surface area (Å²) >= 11 is 3.34. The first-order valence-corrected chi connectivity index (χ1v) is 11.9. The van der Waals surface area contributed by atoms with Crippen LogP contribution in [0.4, 0.5) is 5.69 Å². The Kier molecular flexibility index (Phi) is 7.32. The molecule has 1 fully saturated rings. The van der Waals surface area contributed by atoms with Crippen LogP contribution < -0.4 is 10.1 Å². The van der Waals surface area contributed by atoms with Crippen molar-refractivity contribution < 1.29 is 17.9 Å². The SMILES string of the molecule is CN(C1CCCCC1)S(=O)(=O)c1ccccc1NC(=O)COc1ccc(Br)cc1. The number of sulfonamides is 1. The van der Waals surface area contributed by atoms with E-state index in [1.54, 1.807) is 37.4 Å². The van der Waals surface area contributed by atoms with E-state index in [4.69, 9.17) is 4.74 Å². The molecular weight excluding hydrogens is 456 g/mol. The Hall–Kier alpha value is -1.90. The average molecular weight is 481 g/mol. The van der Waals surface area contributed by atoms with Crippen molar-refractivity contribution in [1.29, 1.82) is 0 Å². The fraction of sp³-hybridized carbons (Fsp3) is 0.381.